The lowest BCUT2D eigenvalue weighted by Gasteiger charge is -2.40. The first kappa shape index (κ1) is 19.7. The van der Waals surface area contributed by atoms with E-state index in [0.717, 1.165) is 29.8 Å². The first-order chi connectivity index (χ1) is 14.6. The van der Waals surface area contributed by atoms with Crippen molar-refractivity contribution in [1.29, 1.82) is 0 Å². The van der Waals surface area contributed by atoms with E-state index in [1.807, 2.05) is 18.2 Å². The van der Waals surface area contributed by atoms with Gasteiger partial charge in [-0.3, -0.25) is 19.7 Å². The van der Waals surface area contributed by atoms with Crippen LogP contribution in [0.3, 0.4) is 0 Å². The largest absolute Gasteiger partial charge is 0.322 e. The van der Waals surface area contributed by atoms with Gasteiger partial charge in [-0.2, -0.15) is 0 Å². The Balaban J connectivity index is 1.28. The van der Waals surface area contributed by atoms with Gasteiger partial charge in [-0.05, 0) is 55.2 Å². The fourth-order valence-corrected chi connectivity index (χ4v) is 6.06. The molecule has 2 saturated heterocycles. The molecule has 7 nitrogen and oxygen atoms in total. The van der Waals surface area contributed by atoms with Gasteiger partial charge in [0.1, 0.15) is 6.04 Å². The van der Waals surface area contributed by atoms with Gasteiger partial charge in [0.25, 0.3) is 5.91 Å². The average molecular weight is 411 g/mol. The van der Waals surface area contributed by atoms with Gasteiger partial charge in [0.2, 0.25) is 11.8 Å². The van der Waals surface area contributed by atoms with Crippen LogP contribution in [0.25, 0.3) is 0 Å². The predicted molar refractivity (Wildman–Crippen MR) is 112 cm³/mol. The van der Waals surface area contributed by atoms with Crippen LogP contribution in [0.15, 0.2) is 18.2 Å². The zero-order valence-electron chi connectivity index (χ0n) is 17.3. The lowest BCUT2D eigenvalue weighted by atomic mass is 9.76. The second kappa shape index (κ2) is 7.78. The van der Waals surface area contributed by atoms with Gasteiger partial charge in [0.05, 0.1) is 0 Å². The number of piperidine rings is 2. The van der Waals surface area contributed by atoms with E-state index in [4.69, 9.17) is 0 Å². The second-order valence-electron chi connectivity index (χ2n) is 9.32. The molecule has 3 aliphatic heterocycles. The zero-order chi connectivity index (χ0) is 20.7. The molecule has 3 atom stereocenters. The molecule has 160 valence electrons. The molecule has 3 fully saturated rings. The smallest absolute Gasteiger partial charge is 0.255 e. The molecule has 0 aromatic heterocycles. The van der Waals surface area contributed by atoms with Crippen molar-refractivity contribution in [3.8, 4) is 0 Å². The molecule has 4 aliphatic rings. The number of carbonyl (C=O) groups excluding carboxylic acids is 3. The van der Waals surface area contributed by atoms with E-state index in [0.29, 0.717) is 31.0 Å². The van der Waals surface area contributed by atoms with Crippen molar-refractivity contribution in [1.82, 2.24) is 20.9 Å². The van der Waals surface area contributed by atoms with E-state index in [2.05, 4.69) is 16.0 Å². The minimum Gasteiger partial charge on any atom is -0.322 e. The number of amides is 3. The SMILES string of the molecule is O=C1CCC(N2Cc3cccc(CNCC45CCCNC4CCC5)c3C2=O)C(=O)N1. The number of benzene rings is 1. The lowest BCUT2D eigenvalue weighted by Crippen LogP contribution is -2.52. The molecule has 1 aromatic carbocycles. The summed E-state index contributed by atoms with van der Waals surface area (Å²) in [5.74, 6) is -0.705. The van der Waals surface area contributed by atoms with Crippen molar-refractivity contribution in [3.05, 3.63) is 34.9 Å². The summed E-state index contributed by atoms with van der Waals surface area (Å²) in [7, 11) is 0. The molecule has 3 unspecified atom stereocenters. The maximum Gasteiger partial charge on any atom is 0.255 e. The Morgan fingerprint density at radius 1 is 1.13 bits per heavy atom. The topological polar surface area (TPSA) is 90.5 Å². The van der Waals surface area contributed by atoms with Crippen LogP contribution in [0.5, 0.6) is 0 Å². The Morgan fingerprint density at radius 2 is 2.00 bits per heavy atom. The third kappa shape index (κ3) is 3.34. The van der Waals surface area contributed by atoms with E-state index in [-0.39, 0.29) is 24.1 Å². The Hall–Kier alpha value is -2.25. The highest BCUT2D eigenvalue weighted by Gasteiger charge is 2.44. The highest BCUT2D eigenvalue weighted by molar-refractivity contribution is 6.05. The van der Waals surface area contributed by atoms with E-state index in [1.165, 1.54) is 32.1 Å². The van der Waals surface area contributed by atoms with Crippen LogP contribution >= 0.6 is 0 Å². The highest BCUT2D eigenvalue weighted by atomic mass is 16.2. The molecule has 3 amide bonds. The van der Waals surface area contributed by atoms with E-state index in [9.17, 15) is 14.4 Å². The van der Waals surface area contributed by atoms with Crippen molar-refractivity contribution in [2.75, 3.05) is 13.1 Å². The van der Waals surface area contributed by atoms with Crippen molar-refractivity contribution in [3.63, 3.8) is 0 Å². The maximum absolute atomic E-state index is 13.2. The number of carbonyl (C=O) groups is 3. The summed E-state index contributed by atoms with van der Waals surface area (Å²) in [4.78, 5) is 38.6. The molecule has 1 saturated carbocycles. The third-order valence-corrected chi connectivity index (χ3v) is 7.58. The van der Waals surface area contributed by atoms with Crippen LogP contribution in [-0.2, 0) is 22.7 Å². The van der Waals surface area contributed by atoms with Gasteiger partial charge in [0.15, 0.2) is 0 Å². The number of nitrogens with zero attached hydrogens (tertiary/aromatic N) is 1. The molecule has 5 rings (SSSR count). The summed E-state index contributed by atoms with van der Waals surface area (Å²) < 4.78 is 0. The molecule has 0 spiro atoms. The minimum absolute atomic E-state index is 0.0897. The van der Waals surface area contributed by atoms with Crippen LogP contribution in [0.2, 0.25) is 0 Å². The number of rotatable bonds is 5. The highest BCUT2D eigenvalue weighted by Crippen LogP contribution is 2.43. The Kier molecular flexibility index (Phi) is 5.11. The molecule has 1 aliphatic carbocycles. The summed E-state index contributed by atoms with van der Waals surface area (Å²) in [6.07, 6.45) is 7.01. The van der Waals surface area contributed by atoms with Gasteiger partial charge < -0.3 is 15.5 Å². The van der Waals surface area contributed by atoms with Crippen molar-refractivity contribution in [2.45, 2.75) is 70.1 Å². The Labute approximate surface area is 177 Å². The summed E-state index contributed by atoms with van der Waals surface area (Å²) in [5.41, 5.74) is 3.05. The number of nitrogens with one attached hydrogen (secondary N) is 3. The van der Waals surface area contributed by atoms with Crippen LogP contribution in [0, 0.1) is 5.41 Å². The first-order valence-corrected chi connectivity index (χ1v) is 11.3. The zero-order valence-corrected chi connectivity index (χ0v) is 17.3. The fourth-order valence-electron chi connectivity index (χ4n) is 6.06. The molecular weight excluding hydrogens is 380 g/mol. The summed E-state index contributed by atoms with van der Waals surface area (Å²) in [6, 6.07) is 6.04. The second-order valence-corrected chi connectivity index (χ2v) is 9.32. The maximum atomic E-state index is 13.2. The van der Waals surface area contributed by atoms with Gasteiger partial charge in [-0.15, -0.1) is 0 Å². The van der Waals surface area contributed by atoms with Crippen LogP contribution in [0.4, 0.5) is 0 Å². The summed E-state index contributed by atoms with van der Waals surface area (Å²) in [5, 5.41) is 9.73. The number of fused-ring (bicyclic) bond motifs is 2. The Bertz CT molecular complexity index is 885. The van der Waals surface area contributed by atoms with E-state index >= 15 is 0 Å². The van der Waals surface area contributed by atoms with Crippen LogP contribution in [-0.4, -0.2) is 47.8 Å². The van der Waals surface area contributed by atoms with Gasteiger partial charge in [-0.25, -0.2) is 0 Å². The number of hydrogen-bond acceptors (Lipinski definition) is 5. The molecule has 3 heterocycles. The number of hydrogen-bond donors (Lipinski definition) is 3. The lowest BCUT2D eigenvalue weighted by molar-refractivity contribution is -0.136. The minimum atomic E-state index is -0.560. The quantitative estimate of drug-likeness (QED) is 0.640. The summed E-state index contributed by atoms with van der Waals surface area (Å²) >= 11 is 0. The van der Waals surface area contributed by atoms with Crippen molar-refractivity contribution < 1.29 is 14.4 Å². The molecule has 3 N–H and O–H groups in total. The average Bonchev–Trinajstić information content (AvgIpc) is 3.30. The third-order valence-electron chi connectivity index (χ3n) is 7.58. The Morgan fingerprint density at radius 3 is 2.87 bits per heavy atom. The molecular formula is C23H30N4O3. The van der Waals surface area contributed by atoms with Crippen molar-refractivity contribution >= 4 is 17.7 Å². The molecule has 0 bridgehead atoms. The standard InChI is InChI=1S/C23H30N4O3/c28-19-8-7-17(21(29)26-19)27-13-16-5-1-4-15(20(16)22(27)30)12-24-14-23-9-2-6-18(23)25-11-3-10-23/h1,4-5,17-18,24-25H,2-3,6-14H2,(H,26,28,29). The van der Waals surface area contributed by atoms with Gasteiger partial charge >= 0.3 is 0 Å². The van der Waals surface area contributed by atoms with E-state index in [1.54, 1.807) is 4.90 Å². The van der Waals surface area contributed by atoms with Gasteiger partial charge in [0, 0.05) is 37.7 Å². The monoisotopic (exact) mass is 410 g/mol. The predicted octanol–water partition coefficient (Wildman–Crippen LogP) is 1.46. The van der Waals surface area contributed by atoms with Crippen molar-refractivity contribution in [2.24, 2.45) is 5.41 Å². The van der Waals surface area contributed by atoms with Crippen LogP contribution < -0.4 is 16.0 Å². The first-order valence-electron chi connectivity index (χ1n) is 11.3. The van der Waals surface area contributed by atoms with Crippen LogP contribution in [0.1, 0.15) is 66.4 Å². The summed E-state index contributed by atoms with van der Waals surface area (Å²) in [6.45, 7) is 3.19. The molecule has 1 aromatic rings. The van der Waals surface area contributed by atoms with E-state index < -0.39 is 6.04 Å². The number of imide groups is 1. The molecule has 7 heteroatoms. The molecule has 30 heavy (non-hydrogen) atoms. The normalized spacial score (nSPS) is 30.9. The van der Waals surface area contributed by atoms with Gasteiger partial charge in [-0.1, -0.05) is 24.6 Å². The fraction of sp³-hybridized carbons (Fsp3) is 0.609. The molecule has 0 radical (unpaired) electrons.